The van der Waals surface area contributed by atoms with Gasteiger partial charge in [-0.05, 0) is 12.1 Å². The van der Waals surface area contributed by atoms with E-state index >= 15 is 0 Å². The van der Waals surface area contributed by atoms with Crippen molar-refractivity contribution in [2.75, 3.05) is 0 Å². The number of carbonyl (C=O) groups excluding carboxylic acids is 1. The molecule has 0 radical (unpaired) electrons. The lowest BCUT2D eigenvalue weighted by molar-refractivity contribution is -0.384. The molecule has 1 rings (SSSR count). The van der Waals surface area contributed by atoms with Crippen LogP contribution in [0.4, 0.5) is 5.69 Å². The van der Waals surface area contributed by atoms with Gasteiger partial charge in [-0.2, -0.15) is 0 Å². The Labute approximate surface area is 109 Å². The molecule has 6 nitrogen and oxygen atoms in total. The third-order valence-electron chi connectivity index (χ3n) is 2.63. The fourth-order valence-electron chi connectivity index (χ4n) is 1.31. The number of benzene rings is 1. The number of nitro benzene ring substituents is 1. The van der Waals surface area contributed by atoms with E-state index in [1.807, 2.05) is 6.92 Å². The molecule has 0 bridgehead atoms. The maximum atomic E-state index is 11.3. The van der Waals surface area contributed by atoms with Gasteiger partial charge in [0.05, 0.1) is 4.92 Å². The van der Waals surface area contributed by atoms with Gasteiger partial charge in [0.25, 0.3) is 5.69 Å². The van der Waals surface area contributed by atoms with Gasteiger partial charge >= 0.3 is 0 Å². The van der Waals surface area contributed by atoms with E-state index in [0.717, 1.165) is 4.90 Å². The van der Waals surface area contributed by atoms with Gasteiger partial charge in [-0.15, -0.1) is 11.8 Å². The first-order chi connectivity index (χ1) is 8.45. The Morgan fingerprint density at radius 3 is 2.39 bits per heavy atom. The third kappa shape index (κ3) is 3.71. The molecule has 3 N–H and O–H groups in total. The monoisotopic (exact) mass is 269 g/mol. The number of thioether (sulfide) groups is 1. The Bertz CT molecular complexity index is 436. The molecule has 0 fully saturated rings. The Balaban J connectivity index is 2.67. The minimum atomic E-state index is -0.442. The van der Waals surface area contributed by atoms with Crippen LogP contribution >= 0.6 is 11.8 Å². The van der Waals surface area contributed by atoms with Crippen molar-refractivity contribution in [2.45, 2.75) is 24.0 Å². The third-order valence-corrected chi connectivity index (χ3v) is 3.95. The van der Waals surface area contributed by atoms with E-state index < -0.39 is 4.92 Å². The van der Waals surface area contributed by atoms with Crippen LogP contribution in [0.3, 0.4) is 0 Å². The fourth-order valence-corrected chi connectivity index (χ4v) is 2.36. The average Bonchev–Trinajstić information content (AvgIpc) is 2.37. The summed E-state index contributed by atoms with van der Waals surface area (Å²) in [4.78, 5) is 22.3. The van der Waals surface area contributed by atoms with Crippen molar-refractivity contribution >= 4 is 23.4 Å². The summed E-state index contributed by atoms with van der Waals surface area (Å²) in [5.74, 6) is 4.61. The zero-order valence-corrected chi connectivity index (χ0v) is 10.9. The Kier molecular flexibility index (Phi) is 5.11. The maximum Gasteiger partial charge on any atom is 0.269 e. The molecule has 0 aromatic heterocycles. The molecule has 1 aromatic carbocycles. The molecule has 98 valence electrons. The summed E-state index contributed by atoms with van der Waals surface area (Å²) in [7, 11) is 0. The van der Waals surface area contributed by atoms with Crippen molar-refractivity contribution < 1.29 is 9.72 Å². The topological polar surface area (TPSA) is 98.3 Å². The molecule has 0 saturated carbocycles. The second-order valence-corrected chi connectivity index (χ2v) is 5.32. The van der Waals surface area contributed by atoms with Crippen LogP contribution in [-0.4, -0.2) is 16.1 Å². The van der Waals surface area contributed by atoms with E-state index in [2.05, 4.69) is 5.43 Å². The van der Waals surface area contributed by atoms with Crippen LogP contribution in [0.2, 0.25) is 0 Å². The van der Waals surface area contributed by atoms with E-state index in [-0.39, 0.29) is 22.8 Å². The van der Waals surface area contributed by atoms with Crippen LogP contribution in [0.25, 0.3) is 0 Å². The van der Waals surface area contributed by atoms with Crippen molar-refractivity contribution in [1.82, 2.24) is 5.43 Å². The Morgan fingerprint density at radius 2 is 1.94 bits per heavy atom. The SMILES string of the molecule is CC(Sc1ccc([N+](=O)[O-])cc1)C(C)C(=O)NN. The molecule has 0 spiro atoms. The van der Waals surface area contributed by atoms with Crippen molar-refractivity contribution in [3.8, 4) is 0 Å². The smallest absolute Gasteiger partial charge is 0.269 e. The minimum Gasteiger partial charge on any atom is -0.294 e. The highest BCUT2D eigenvalue weighted by Crippen LogP contribution is 2.29. The quantitative estimate of drug-likeness (QED) is 0.279. The summed E-state index contributed by atoms with van der Waals surface area (Å²) < 4.78 is 0. The van der Waals surface area contributed by atoms with Crippen LogP contribution < -0.4 is 11.3 Å². The zero-order valence-electron chi connectivity index (χ0n) is 10.1. The van der Waals surface area contributed by atoms with Crippen molar-refractivity contribution in [1.29, 1.82) is 0 Å². The van der Waals surface area contributed by atoms with Crippen molar-refractivity contribution in [3.63, 3.8) is 0 Å². The van der Waals surface area contributed by atoms with E-state index in [1.54, 1.807) is 19.1 Å². The molecule has 18 heavy (non-hydrogen) atoms. The number of carbonyl (C=O) groups is 1. The molecule has 0 heterocycles. The number of nitrogens with two attached hydrogens (primary N) is 1. The molecule has 7 heteroatoms. The largest absolute Gasteiger partial charge is 0.294 e. The molecule has 1 amide bonds. The summed E-state index contributed by atoms with van der Waals surface area (Å²) in [6, 6.07) is 6.24. The first-order valence-corrected chi connectivity index (χ1v) is 6.25. The van der Waals surface area contributed by atoms with Gasteiger partial charge in [0.15, 0.2) is 0 Å². The van der Waals surface area contributed by atoms with E-state index in [9.17, 15) is 14.9 Å². The lowest BCUT2D eigenvalue weighted by atomic mass is 10.1. The highest BCUT2D eigenvalue weighted by molar-refractivity contribution is 8.00. The molecule has 2 atom stereocenters. The van der Waals surface area contributed by atoms with Crippen LogP contribution in [0, 0.1) is 16.0 Å². The van der Waals surface area contributed by atoms with Gasteiger partial charge in [0.1, 0.15) is 0 Å². The number of rotatable bonds is 5. The van der Waals surface area contributed by atoms with Gasteiger partial charge < -0.3 is 0 Å². The first-order valence-electron chi connectivity index (χ1n) is 5.37. The standard InChI is InChI=1S/C11H15N3O3S/c1-7(11(15)13-12)8(2)18-10-5-3-9(4-6-10)14(16)17/h3-8H,12H2,1-2H3,(H,13,15). The number of hydrogen-bond donors (Lipinski definition) is 2. The predicted octanol–water partition coefficient (Wildman–Crippen LogP) is 1.70. The van der Waals surface area contributed by atoms with Crippen molar-refractivity contribution in [2.24, 2.45) is 11.8 Å². The summed E-state index contributed by atoms with van der Waals surface area (Å²) in [5.41, 5.74) is 2.17. The molecule has 2 unspecified atom stereocenters. The number of nitrogens with zero attached hydrogens (tertiary/aromatic N) is 1. The lowest BCUT2D eigenvalue weighted by Gasteiger charge is -2.17. The van der Waals surface area contributed by atoms with Gasteiger partial charge in [-0.3, -0.25) is 20.3 Å². The number of non-ortho nitro benzene ring substituents is 1. The number of nitrogens with one attached hydrogen (secondary N) is 1. The number of hydrazine groups is 1. The van der Waals surface area contributed by atoms with Gasteiger partial charge in [-0.1, -0.05) is 13.8 Å². The molecule has 0 aliphatic heterocycles. The second kappa shape index (κ2) is 6.36. The van der Waals surface area contributed by atoms with Crippen LogP contribution in [0.1, 0.15) is 13.8 Å². The molecule has 0 aliphatic rings. The normalized spacial score (nSPS) is 13.7. The second-order valence-electron chi connectivity index (χ2n) is 3.87. The predicted molar refractivity (Wildman–Crippen MR) is 69.9 cm³/mol. The Hall–Kier alpha value is -1.60. The summed E-state index contributed by atoms with van der Waals surface area (Å²) >= 11 is 1.48. The molecular weight excluding hydrogens is 254 g/mol. The summed E-state index contributed by atoms with van der Waals surface area (Å²) in [6.07, 6.45) is 0. The van der Waals surface area contributed by atoms with E-state index in [4.69, 9.17) is 5.84 Å². The van der Waals surface area contributed by atoms with Crippen molar-refractivity contribution in [3.05, 3.63) is 34.4 Å². The number of nitro groups is 1. The minimum absolute atomic E-state index is 0.0232. The lowest BCUT2D eigenvalue weighted by Crippen LogP contribution is -2.38. The molecule has 0 aliphatic carbocycles. The molecular formula is C11H15N3O3S. The van der Waals surface area contributed by atoms with Gasteiger partial charge in [-0.25, -0.2) is 5.84 Å². The van der Waals surface area contributed by atoms with E-state index in [1.165, 1.54) is 23.9 Å². The van der Waals surface area contributed by atoms with Crippen LogP contribution in [-0.2, 0) is 4.79 Å². The zero-order chi connectivity index (χ0) is 13.7. The van der Waals surface area contributed by atoms with Crippen LogP contribution in [0.5, 0.6) is 0 Å². The molecule has 0 saturated heterocycles. The maximum absolute atomic E-state index is 11.3. The number of amides is 1. The fraction of sp³-hybridized carbons (Fsp3) is 0.364. The highest BCUT2D eigenvalue weighted by atomic mass is 32.2. The molecule has 1 aromatic rings. The van der Waals surface area contributed by atoms with E-state index in [0.29, 0.717) is 0 Å². The number of hydrogen-bond acceptors (Lipinski definition) is 5. The first kappa shape index (κ1) is 14.5. The average molecular weight is 269 g/mol. The highest BCUT2D eigenvalue weighted by Gasteiger charge is 2.20. The summed E-state index contributed by atoms with van der Waals surface area (Å²) in [5, 5.41) is 10.5. The van der Waals surface area contributed by atoms with Gasteiger partial charge in [0.2, 0.25) is 5.91 Å². The summed E-state index contributed by atoms with van der Waals surface area (Å²) in [6.45, 7) is 3.69. The Morgan fingerprint density at radius 1 is 1.39 bits per heavy atom. The van der Waals surface area contributed by atoms with Gasteiger partial charge in [0, 0.05) is 28.2 Å². The van der Waals surface area contributed by atoms with Crippen LogP contribution in [0.15, 0.2) is 29.2 Å².